The Morgan fingerprint density at radius 1 is 1.26 bits per heavy atom. The highest BCUT2D eigenvalue weighted by Crippen LogP contribution is 2.30. The van der Waals surface area contributed by atoms with Crippen molar-refractivity contribution in [3.05, 3.63) is 63.7 Å². The summed E-state index contributed by atoms with van der Waals surface area (Å²) >= 11 is 1.43. The van der Waals surface area contributed by atoms with Crippen LogP contribution in [0.25, 0.3) is 22.0 Å². The molecule has 1 amide bonds. The van der Waals surface area contributed by atoms with Gasteiger partial charge in [-0.25, -0.2) is 4.98 Å². The molecule has 0 unspecified atom stereocenters. The second-order valence-electron chi connectivity index (χ2n) is 6.38. The Balaban J connectivity index is 1.51. The number of anilines is 1. The van der Waals surface area contributed by atoms with Gasteiger partial charge in [0, 0.05) is 24.1 Å². The molecule has 4 rings (SSSR count). The third-order valence-corrected chi connectivity index (χ3v) is 5.17. The molecule has 1 aromatic carbocycles. The maximum absolute atomic E-state index is 12.3. The third kappa shape index (κ3) is 4.31. The quantitative estimate of drug-likeness (QED) is 0.335. The standard InChI is InChI=1S/C20H17N5O5S/c1-3-29-13-6-4-12(5-7-13)15-11-31-20(21-15)14-10-17(24(2)23-14)22-19(26)16-8-9-18(30-16)25(27)28/h4-11H,3H2,1-2H3,(H,22,26). The summed E-state index contributed by atoms with van der Waals surface area (Å²) in [6.07, 6.45) is 0. The number of nitro groups is 1. The van der Waals surface area contributed by atoms with E-state index in [1.807, 2.05) is 36.6 Å². The first-order valence-corrected chi connectivity index (χ1v) is 10.1. The van der Waals surface area contributed by atoms with Crippen LogP contribution in [0.4, 0.5) is 11.7 Å². The zero-order chi connectivity index (χ0) is 22.0. The Morgan fingerprint density at radius 2 is 2.03 bits per heavy atom. The topological polar surface area (TPSA) is 125 Å². The fourth-order valence-electron chi connectivity index (χ4n) is 2.83. The number of nitrogens with zero attached hydrogens (tertiary/aromatic N) is 4. The van der Waals surface area contributed by atoms with E-state index in [1.165, 1.54) is 22.1 Å². The minimum Gasteiger partial charge on any atom is -0.494 e. The number of aromatic nitrogens is 3. The normalized spacial score (nSPS) is 10.8. The van der Waals surface area contributed by atoms with Crippen LogP contribution in [-0.2, 0) is 7.05 Å². The first-order valence-electron chi connectivity index (χ1n) is 9.23. The maximum atomic E-state index is 12.3. The van der Waals surface area contributed by atoms with E-state index in [2.05, 4.69) is 15.4 Å². The predicted molar refractivity (Wildman–Crippen MR) is 114 cm³/mol. The minimum absolute atomic E-state index is 0.165. The zero-order valence-electron chi connectivity index (χ0n) is 16.6. The molecule has 0 fully saturated rings. The molecule has 0 saturated carbocycles. The van der Waals surface area contributed by atoms with Crippen LogP contribution in [-0.4, -0.2) is 32.2 Å². The van der Waals surface area contributed by atoms with Gasteiger partial charge in [0.1, 0.15) is 27.2 Å². The van der Waals surface area contributed by atoms with E-state index in [0.29, 0.717) is 23.1 Å². The average molecular weight is 439 g/mol. The molecule has 0 aliphatic heterocycles. The Bertz CT molecular complexity index is 1240. The van der Waals surface area contributed by atoms with Crippen LogP contribution in [0, 0.1) is 10.1 Å². The van der Waals surface area contributed by atoms with Crippen molar-refractivity contribution in [2.24, 2.45) is 7.05 Å². The van der Waals surface area contributed by atoms with Crippen LogP contribution < -0.4 is 10.1 Å². The van der Waals surface area contributed by atoms with Crippen LogP contribution in [0.3, 0.4) is 0 Å². The van der Waals surface area contributed by atoms with Crippen molar-refractivity contribution < 1.29 is 18.9 Å². The molecule has 3 aromatic heterocycles. The molecule has 0 bridgehead atoms. The van der Waals surface area contributed by atoms with Crippen molar-refractivity contribution in [2.75, 3.05) is 11.9 Å². The van der Waals surface area contributed by atoms with Gasteiger partial charge in [0.25, 0.3) is 5.91 Å². The van der Waals surface area contributed by atoms with Gasteiger partial charge < -0.3 is 14.5 Å². The van der Waals surface area contributed by atoms with Gasteiger partial charge in [-0.3, -0.25) is 19.6 Å². The van der Waals surface area contributed by atoms with E-state index >= 15 is 0 Å². The van der Waals surface area contributed by atoms with Crippen LogP contribution in [0.5, 0.6) is 5.75 Å². The van der Waals surface area contributed by atoms with Crippen molar-refractivity contribution in [1.29, 1.82) is 0 Å². The molecule has 1 N–H and O–H groups in total. The van der Waals surface area contributed by atoms with Gasteiger partial charge in [0.2, 0.25) is 0 Å². The highest BCUT2D eigenvalue weighted by molar-refractivity contribution is 7.13. The fraction of sp³-hybridized carbons (Fsp3) is 0.150. The van der Waals surface area contributed by atoms with E-state index in [0.717, 1.165) is 23.1 Å². The molecule has 3 heterocycles. The molecule has 158 valence electrons. The zero-order valence-corrected chi connectivity index (χ0v) is 17.4. The molecule has 0 aliphatic carbocycles. The number of benzene rings is 1. The first-order chi connectivity index (χ1) is 14.9. The summed E-state index contributed by atoms with van der Waals surface area (Å²) < 4.78 is 11.9. The molecule has 0 atom stereocenters. The molecule has 31 heavy (non-hydrogen) atoms. The summed E-state index contributed by atoms with van der Waals surface area (Å²) in [6, 6.07) is 11.7. The average Bonchev–Trinajstić information content (AvgIpc) is 3.49. The van der Waals surface area contributed by atoms with E-state index in [-0.39, 0.29) is 5.76 Å². The van der Waals surface area contributed by atoms with Gasteiger partial charge in [-0.15, -0.1) is 11.3 Å². The number of nitrogens with one attached hydrogen (secondary N) is 1. The van der Waals surface area contributed by atoms with Gasteiger partial charge in [-0.2, -0.15) is 5.10 Å². The molecule has 4 aromatic rings. The number of thiazole rings is 1. The highest BCUT2D eigenvalue weighted by atomic mass is 32.1. The van der Waals surface area contributed by atoms with Crippen LogP contribution in [0.15, 0.2) is 52.3 Å². The number of hydrogen-bond acceptors (Lipinski definition) is 8. The van der Waals surface area contributed by atoms with Crippen molar-refractivity contribution in [3.8, 4) is 27.7 Å². The number of ether oxygens (including phenoxy) is 1. The van der Waals surface area contributed by atoms with E-state index < -0.39 is 16.7 Å². The largest absolute Gasteiger partial charge is 0.494 e. The summed E-state index contributed by atoms with van der Waals surface area (Å²) in [7, 11) is 1.67. The monoisotopic (exact) mass is 439 g/mol. The first kappa shape index (κ1) is 20.3. The second-order valence-corrected chi connectivity index (χ2v) is 7.24. The molecular formula is C20H17N5O5S. The van der Waals surface area contributed by atoms with E-state index in [1.54, 1.807) is 13.1 Å². The summed E-state index contributed by atoms with van der Waals surface area (Å²) in [4.78, 5) is 27.0. The third-order valence-electron chi connectivity index (χ3n) is 4.30. The van der Waals surface area contributed by atoms with E-state index in [4.69, 9.17) is 9.15 Å². The minimum atomic E-state index is -0.705. The lowest BCUT2D eigenvalue weighted by molar-refractivity contribution is -0.402. The molecule has 10 nitrogen and oxygen atoms in total. The number of rotatable bonds is 7. The van der Waals surface area contributed by atoms with Crippen LogP contribution in [0.1, 0.15) is 17.5 Å². The van der Waals surface area contributed by atoms with Crippen LogP contribution >= 0.6 is 11.3 Å². The van der Waals surface area contributed by atoms with Gasteiger partial charge in [-0.1, -0.05) is 0 Å². The highest BCUT2D eigenvalue weighted by Gasteiger charge is 2.19. The molecule has 0 aliphatic rings. The lowest BCUT2D eigenvalue weighted by Gasteiger charge is -2.03. The number of aryl methyl sites for hydroxylation is 1. The van der Waals surface area contributed by atoms with Crippen LogP contribution in [0.2, 0.25) is 0 Å². The smallest absolute Gasteiger partial charge is 0.433 e. The van der Waals surface area contributed by atoms with Gasteiger partial charge in [0.05, 0.1) is 18.4 Å². The summed E-state index contributed by atoms with van der Waals surface area (Å²) in [5, 5.41) is 20.4. The van der Waals surface area contributed by atoms with E-state index in [9.17, 15) is 14.9 Å². The van der Waals surface area contributed by atoms with Gasteiger partial charge in [0.15, 0.2) is 5.76 Å². The predicted octanol–water partition coefficient (Wildman–Crippen LogP) is 4.36. The molecular weight excluding hydrogens is 422 g/mol. The SMILES string of the molecule is CCOc1ccc(-c2csc(-c3cc(NC(=O)c4ccc([N+](=O)[O-])o4)n(C)n3)n2)cc1. The lowest BCUT2D eigenvalue weighted by atomic mass is 10.2. The Labute approximate surface area is 180 Å². The van der Waals surface area contributed by atoms with Gasteiger partial charge in [-0.05, 0) is 37.3 Å². The Morgan fingerprint density at radius 3 is 2.71 bits per heavy atom. The molecule has 0 saturated heterocycles. The summed E-state index contributed by atoms with van der Waals surface area (Å²) in [6.45, 7) is 2.54. The summed E-state index contributed by atoms with van der Waals surface area (Å²) in [5.41, 5.74) is 2.35. The number of carbonyl (C=O) groups is 1. The molecule has 0 radical (unpaired) electrons. The van der Waals surface area contributed by atoms with Crippen molar-refractivity contribution in [1.82, 2.24) is 14.8 Å². The van der Waals surface area contributed by atoms with Gasteiger partial charge >= 0.3 is 5.88 Å². The Hall–Kier alpha value is -3.99. The molecule has 11 heteroatoms. The number of carbonyl (C=O) groups excluding carboxylic acids is 1. The Kier molecular flexibility index (Phi) is 5.50. The number of amides is 1. The number of furan rings is 1. The van der Waals surface area contributed by atoms with Crippen molar-refractivity contribution >= 4 is 28.9 Å². The summed E-state index contributed by atoms with van der Waals surface area (Å²) in [5.74, 6) is -0.0793. The number of hydrogen-bond donors (Lipinski definition) is 1. The fourth-order valence-corrected chi connectivity index (χ4v) is 3.61. The lowest BCUT2D eigenvalue weighted by Crippen LogP contribution is -2.13. The second kappa shape index (κ2) is 8.40. The molecule has 0 spiro atoms. The maximum Gasteiger partial charge on any atom is 0.433 e. The van der Waals surface area contributed by atoms with Crippen molar-refractivity contribution in [3.63, 3.8) is 0 Å². The van der Waals surface area contributed by atoms with Crippen molar-refractivity contribution in [2.45, 2.75) is 6.92 Å².